The molecule has 154 valence electrons. The van der Waals surface area contributed by atoms with Crippen LogP contribution < -0.4 is 10.3 Å². The number of rotatable bonds is 17. The SMILES string of the molecule is CCCCCCCCCCCCCCCCC(S)(C(N)=O)[n+]1ccccc1. The molecule has 1 amide bonds. The molecule has 0 aliphatic carbocycles. The van der Waals surface area contributed by atoms with Crippen LogP contribution in [0.4, 0.5) is 0 Å². The number of nitrogens with zero attached hydrogens (tertiary/aromatic N) is 1. The van der Waals surface area contributed by atoms with Gasteiger partial charge in [-0.15, -0.1) is 0 Å². The van der Waals surface area contributed by atoms with Gasteiger partial charge in [0.1, 0.15) is 0 Å². The smallest absolute Gasteiger partial charge is 0.300 e. The highest BCUT2D eigenvalue weighted by Gasteiger charge is 2.41. The van der Waals surface area contributed by atoms with Crippen molar-refractivity contribution in [3.05, 3.63) is 30.6 Å². The number of carbonyl (C=O) groups is 1. The van der Waals surface area contributed by atoms with Crippen LogP contribution in [0.15, 0.2) is 30.6 Å². The van der Waals surface area contributed by atoms with Gasteiger partial charge in [0.15, 0.2) is 12.4 Å². The summed E-state index contributed by atoms with van der Waals surface area (Å²) < 4.78 is 1.82. The zero-order valence-corrected chi connectivity index (χ0v) is 18.3. The lowest BCUT2D eigenvalue weighted by Crippen LogP contribution is -2.59. The maximum atomic E-state index is 11.9. The van der Waals surface area contributed by atoms with Crippen LogP contribution in [0, 0.1) is 0 Å². The number of thiol groups is 1. The number of hydrogen-bond donors (Lipinski definition) is 2. The van der Waals surface area contributed by atoms with Crippen LogP contribution in [0.2, 0.25) is 0 Å². The van der Waals surface area contributed by atoms with Crippen molar-refractivity contribution < 1.29 is 9.36 Å². The second-order valence-electron chi connectivity index (χ2n) is 7.81. The van der Waals surface area contributed by atoms with Crippen LogP contribution in [-0.4, -0.2) is 5.91 Å². The van der Waals surface area contributed by atoms with E-state index in [0.717, 1.165) is 12.8 Å². The van der Waals surface area contributed by atoms with Gasteiger partial charge in [0.2, 0.25) is 0 Å². The van der Waals surface area contributed by atoms with Crippen molar-refractivity contribution in [3.8, 4) is 0 Å². The van der Waals surface area contributed by atoms with Gasteiger partial charge >= 0.3 is 5.91 Å². The highest BCUT2D eigenvalue weighted by Crippen LogP contribution is 2.23. The first-order valence-electron chi connectivity index (χ1n) is 11.1. The van der Waals surface area contributed by atoms with Crippen molar-refractivity contribution in [2.75, 3.05) is 0 Å². The number of nitrogens with two attached hydrogens (primary N) is 1. The van der Waals surface area contributed by atoms with Crippen LogP contribution in [0.3, 0.4) is 0 Å². The fraction of sp³-hybridized carbons (Fsp3) is 0.739. The highest BCUT2D eigenvalue weighted by molar-refractivity contribution is 7.81. The monoisotopic (exact) mass is 393 g/mol. The minimum atomic E-state index is -0.918. The van der Waals surface area contributed by atoms with Gasteiger partial charge < -0.3 is 5.73 Å². The Labute approximate surface area is 172 Å². The van der Waals surface area contributed by atoms with Gasteiger partial charge in [-0.2, -0.15) is 4.57 Å². The van der Waals surface area contributed by atoms with E-state index in [2.05, 4.69) is 19.6 Å². The molecule has 4 heteroatoms. The fourth-order valence-corrected chi connectivity index (χ4v) is 3.88. The summed E-state index contributed by atoms with van der Waals surface area (Å²) in [4.78, 5) is 11.0. The average molecular weight is 394 g/mol. The summed E-state index contributed by atoms with van der Waals surface area (Å²) >= 11 is 4.61. The van der Waals surface area contributed by atoms with E-state index < -0.39 is 4.87 Å². The van der Waals surface area contributed by atoms with Crippen LogP contribution in [0.1, 0.15) is 103 Å². The molecule has 0 aromatic carbocycles. The van der Waals surface area contributed by atoms with Crippen molar-refractivity contribution in [2.45, 2.75) is 108 Å². The van der Waals surface area contributed by atoms with Crippen molar-refractivity contribution in [1.82, 2.24) is 0 Å². The lowest BCUT2D eigenvalue weighted by atomic mass is 10.0. The van der Waals surface area contributed by atoms with E-state index in [1.54, 1.807) is 0 Å². The van der Waals surface area contributed by atoms with Crippen molar-refractivity contribution in [1.29, 1.82) is 0 Å². The summed E-state index contributed by atoms with van der Waals surface area (Å²) in [6.07, 6.45) is 23.0. The Kier molecular flexibility index (Phi) is 13.3. The molecule has 0 aliphatic heterocycles. The zero-order chi connectivity index (χ0) is 19.8. The van der Waals surface area contributed by atoms with Crippen LogP contribution >= 0.6 is 12.6 Å². The molecule has 1 unspecified atom stereocenters. The Morgan fingerprint density at radius 3 is 1.59 bits per heavy atom. The molecule has 0 aliphatic rings. The van der Waals surface area contributed by atoms with Crippen molar-refractivity contribution in [2.24, 2.45) is 5.73 Å². The molecule has 1 heterocycles. The van der Waals surface area contributed by atoms with E-state index in [4.69, 9.17) is 5.73 Å². The number of primary amides is 1. The second kappa shape index (κ2) is 15.0. The Morgan fingerprint density at radius 1 is 0.778 bits per heavy atom. The van der Waals surface area contributed by atoms with E-state index in [1.807, 2.05) is 35.2 Å². The summed E-state index contributed by atoms with van der Waals surface area (Å²) in [5.41, 5.74) is 5.62. The Balaban J connectivity index is 2.02. The Hall–Kier alpha value is -1.03. The summed E-state index contributed by atoms with van der Waals surface area (Å²) in [6, 6.07) is 5.73. The topological polar surface area (TPSA) is 47.0 Å². The molecule has 0 saturated carbocycles. The number of aromatic nitrogens is 1. The summed E-state index contributed by atoms with van der Waals surface area (Å²) in [5, 5.41) is 0. The van der Waals surface area contributed by atoms with Gasteiger partial charge in [-0.25, -0.2) is 0 Å². The average Bonchev–Trinajstić information content (AvgIpc) is 2.68. The van der Waals surface area contributed by atoms with E-state index in [-0.39, 0.29) is 5.91 Å². The van der Waals surface area contributed by atoms with Crippen LogP contribution in [0.25, 0.3) is 0 Å². The number of pyridine rings is 1. The molecule has 27 heavy (non-hydrogen) atoms. The molecule has 1 aromatic heterocycles. The van der Waals surface area contributed by atoms with Gasteiger partial charge in [-0.3, -0.25) is 4.79 Å². The molecule has 0 fully saturated rings. The Bertz CT molecular complexity index is 494. The minimum Gasteiger partial charge on any atom is -0.363 e. The molecule has 1 rings (SSSR count). The third-order valence-corrected chi connectivity index (χ3v) is 6.09. The number of amides is 1. The van der Waals surface area contributed by atoms with E-state index in [1.165, 1.54) is 77.0 Å². The largest absolute Gasteiger partial charge is 0.363 e. The molecule has 0 spiro atoms. The minimum absolute atomic E-state index is 0.378. The van der Waals surface area contributed by atoms with Crippen LogP contribution in [-0.2, 0) is 9.67 Å². The number of carbonyl (C=O) groups excluding carboxylic acids is 1. The molecule has 0 radical (unpaired) electrons. The van der Waals surface area contributed by atoms with Gasteiger partial charge in [0, 0.05) is 18.6 Å². The van der Waals surface area contributed by atoms with Gasteiger partial charge in [0.25, 0.3) is 4.87 Å². The first-order valence-corrected chi connectivity index (χ1v) is 11.5. The zero-order valence-electron chi connectivity index (χ0n) is 17.4. The molecule has 0 bridgehead atoms. The summed E-state index contributed by atoms with van der Waals surface area (Å²) in [7, 11) is 0. The molecule has 2 N–H and O–H groups in total. The summed E-state index contributed by atoms with van der Waals surface area (Å²) in [6.45, 7) is 2.27. The normalized spacial score (nSPS) is 13.4. The second-order valence-corrected chi connectivity index (χ2v) is 8.55. The molecule has 3 nitrogen and oxygen atoms in total. The molecular formula is C23H41N2OS+. The molecule has 1 aromatic rings. The quantitative estimate of drug-likeness (QED) is 0.193. The number of unbranched alkanes of at least 4 members (excludes halogenated alkanes) is 13. The first kappa shape index (κ1) is 24.0. The van der Waals surface area contributed by atoms with Crippen LogP contribution in [0.5, 0.6) is 0 Å². The van der Waals surface area contributed by atoms with Crippen molar-refractivity contribution in [3.63, 3.8) is 0 Å². The van der Waals surface area contributed by atoms with E-state index >= 15 is 0 Å². The molecule has 0 saturated heterocycles. The van der Waals surface area contributed by atoms with E-state index in [0.29, 0.717) is 6.42 Å². The lowest BCUT2D eigenvalue weighted by Gasteiger charge is -2.19. The maximum absolute atomic E-state index is 11.9. The molecule has 1 atom stereocenters. The van der Waals surface area contributed by atoms with Gasteiger partial charge in [-0.05, 0) is 6.42 Å². The van der Waals surface area contributed by atoms with Gasteiger partial charge in [0.05, 0.1) is 0 Å². The standard InChI is InChI=1S/C23H40N2OS/c1-2-3-4-5-6-7-8-9-10-11-12-13-14-16-19-23(27,22(24)26)25-20-17-15-18-21-25/h15,17-18,20-21H,2-14,16,19H2,1H3,(H2-,24,26,27)/p+1. The number of hydrogen-bond acceptors (Lipinski definition) is 2. The third-order valence-electron chi connectivity index (χ3n) is 5.42. The highest BCUT2D eigenvalue weighted by atomic mass is 32.1. The molecular weight excluding hydrogens is 352 g/mol. The fourth-order valence-electron chi connectivity index (χ4n) is 3.59. The predicted octanol–water partition coefficient (Wildman–Crippen LogP) is 5.91. The van der Waals surface area contributed by atoms with E-state index in [9.17, 15) is 4.79 Å². The van der Waals surface area contributed by atoms with Gasteiger partial charge in [-0.1, -0.05) is 109 Å². The third kappa shape index (κ3) is 10.2. The first-order chi connectivity index (χ1) is 13.1. The maximum Gasteiger partial charge on any atom is 0.300 e. The Morgan fingerprint density at radius 2 is 1.19 bits per heavy atom. The summed E-state index contributed by atoms with van der Waals surface area (Å²) in [5.74, 6) is -0.378. The lowest BCUT2D eigenvalue weighted by molar-refractivity contribution is -0.723. The predicted molar refractivity (Wildman–Crippen MR) is 118 cm³/mol. The van der Waals surface area contributed by atoms with Crippen molar-refractivity contribution >= 4 is 18.5 Å².